The van der Waals surface area contributed by atoms with E-state index in [2.05, 4.69) is 44.6 Å². The molecule has 5 heteroatoms. The molecular weight excluding hydrogens is 276 g/mol. The van der Waals surface area contributed by atoms with E-state index >= 15 is 0 Å². The van der Waals surface area contributed by atoms with Gasteiger partial charge in [-0.15, -0.1) is 0 Å². The first kappa shape index (κ1) is 13.8. The second-order valence-electron chi connectivity index (χ2n) is 6.24. The zero-order valence-electron chi connectivity index (χ0n) is 12.8. The van der Waals surface area contributed by atoms with Crippen molar-refractivity contribution in [2.75, 3.05) is 31.1 Å². The van der Waals surface area contributed by atoms with E-state index in [0.717, 1.165) is 31.0 Å². The molecule has 0 saturated carbocycles. The molecule has 0 amide bonds. The number of anilines is 1. The van der Waals surface area contributed by atoms with Gasteiger partial charge in [0.05, 0.1) is 5.92 Å². The molecule has 2 aliphatic rings. The predicted octanol–water partition coefficient (Wildman–Crippen LogP) is 2.80. The lowest BCUT2D eigenvalue weighted by Crippen LogP contribution is -2.29. The van der Waals surface area contributed by atoms with Crippen LogP contribution in [0.4, 0.5) is 5.69 Å². The molecule has 2 aliphatic heterocycles. The van der Waals surface area contributed by atoms with Crippen molar-refractivity contribution in [2.24, 2.45) is 0 Å². The molecule has 1 N–H and O–H groups in total. The second kappa shape index (κ2) is 6.08. The van der Waals surface area contributed by atoms with Gasteiger partial charge in [-0.25, -0.2) is 0 Å². The molecular formula is C17H22N4O. The van der Waals surface area contributed by atoms with E-state index in [1.807, 2.05) is 0 Å². The highest BCUT2D eigenvalue weighted by atomic mass is 16.5. The standard InChI is InChI=1S/C17H22N4O/c1-2-10-21(11-3-1)15-6-4-13(5-7-15)16-19-17(22-20-16)14-8-9-18-12-14/h4-7,14,18H,1-3,8-12H2/t14-/m0/s1. The number of benzene rings is 1. The molecule has 0 radical (unpaired) electrons. The largest absolute Gasteiger partial charge is 0.372 e. The molecule has 2 aromatic rings. The second-order valence-corrected chi connectivity index (χ2v) is 6.24. The summed E-state index contributed by atoms with van der Waals surface area (Å²) in [6.07, 6.45) is 5.03. The van der Waals surface area contributed by atoms with E-state index in [9.17, 15) is 0 Å². The van der Waals surface area contributed by atoms with Gasteiger partial charge in [-0.05, 0) is 56.5 Å². The smallest absolute Gasteiger partial charge is 0.231 e. The normalized spacial score (nSPS) is 22.2. The van der Waals surface area contributed by atoms with Crippen LogP contribution in [0.15, 0.2) is 28.8 Å². The Kier molecular flexibility index (Phi) is 3.81. The van der Waals surface area contributed by atoms with Crippen molar-refractivity contribution in [1.82, 2.24) is 15.5 Å². The third kappa shape index (κ3) is 2.73. The van der Waals surface area contributed by atoms with E-state index in [1.165, 1.54) is 38.0 Å². The maximum Gasteiger partial charge on any atom is 0.231 e. The summed E-state index contributed by atoms with van der Waals surface area (Å²) in [6, 6.07) is 8.55. The molecule has 22 heavy (non-hydrogen) atoms. The van der Waals surface area contributed by atoms with Gasteiger partial charge in [0.1, 0.15) is 0 Å². The Labute approximate surface area is 130 Å². The SMILES string of the molecule is c1cc(N2CCCCC2)ccc1-c1noc([C@H]2CCNC2)n1. The number of hydrogen-bond acceptors (Lipinski definition) is 5. The molecule has 1 aromatic carbocycles. The number of nitrogens with one attached hydrogen (secondary N) is 1. The Morgan fingerprint density at radius 1 is 1.09 bits per heavy atom. The Hall–Kier alpha value is -1.88. The van der Waals surface area contributed by atoms with Crippen LogP contribution in [-0.2, 0) is 0 Å². The molecule has 0 bridgehead atoms. The summed E-state index contributed by atoms with van der Waals surface area (Å²) in [7, 11) is 0. The van der Waals surface area contributed by atoms with Crippen LogP contribution in [0.2, 0.25) is 0 Å². The highest BCUT2D eigenvalue weighted by Gasteiger charge is 2.23. The van der Waals surface area contributed by atoms with Crippen molar-refractivity contribution >= 4 is 5.69 Å². The predicted molar refractivity (Wildman–Crippen MR) is 86.0 cm³/mol. The van der Waals surface area contributed by atoms with Crippen molar-refractivity contribution < 1.29 is 4.52 Å². The summed E-state index contributed by atoms with van der Waals surface area (Å²) in [6.45, 7) is 4.31. The van der Waals surface area contributed by atoms with Gasteiger partial charge in [0.25, 0.3) is 0 Å². The van der Waals surface area contributed by atoms with Gasteiger partial charge in [0.2, 0.25) is 11.7 Å². The van der Waals surface area contributed by atoms with Gasteiger partial charge in [-0.2, -0.15) is 4.98 Å². The Bertz CT molecular complexity index is 610. The Balaban J connectivity index is 1.50. The van der Waals surface area contributed by atoms with Crippen LogP contribution in [0, 0.1) is 0 Å². The van der Waals surface area contributed by atoms with Crippen molar-refractivity contribution in [3.63, 3.8) is 0 Å². The van der Waals surface area contributed by atoms with Gasteiger partial charge >= 0.3 is 0 Å². The first-order valence-corrected chi connectivity index (χ1v) is 8.30. The number of piperidine rings is 1. The minimum Gasteiger partial charge on any atom is -0.372 e. The third-order valence-corrected chi connectivity index (χ3v) is 4.70. The molecule has 116 valence electrons. The first-order chi connectivity index (χ1) is 10.9. The van der Waals surface area contributed by atoms with Gasteiger partial charge in [-0.1, -0.05) is 5.16 Å². The Morgan fingerprint density at radius 2 is 1.91 bits per heavy atom. The molecule has 0 spiro atoms. The summed E-state index contributed by atoms with van der Waals surface area (Å²) >= 11 is 0. The van der Waals surface area contributed by atoms with Crippen LogP contribution < -0.4 is 10.2 Å². The highest BCUT2D eigenvalue weighted by molar-refractivity contribution is 5.60. The van der Waals surface area contributed by atoms with Crippen molar-refractivity contribution in [3.8, 4) is 11.4 Å². The topological polar surface area (TPSA) is 54.2 Å². The van der Waals surface area contributed by atoms with Crippen LogP contribution in [-0.4, -0.2) is 36.3 Å². The van der Waals surface area contributed by atoms with E-state index in [-0.39, 0.29) is 0 Å². The molecule has 3 heterocycles. The van der Waals surface area contributed by atoms with Crippen molar-refractivity contribution in [3.05, 3.63) is 30.2 Å². The van der Waals surface area contributed by atoms with Crippen molar-refractivity contribution in [1.29, 1.82) is 0 Å². The number of aromatic nitrogens is 2. The van der Waals surface area contributed by atoms with E-state index in [4.69, 9.17) is 4.52 Å². The fraction of sp³-hybridized carbons (Fsp3) is 0.529. The Morgan fingerprint density at radius 3 is 2.64 bits per heavy atom. The van der Waals surface area contributed by atoms with Crippen molar-refractivity contribution in [2.45, 2.75) is 31.6 Å². The minimum atomic E-state index is 0.369. The molecule has 1 atom stereocenters. The van der Waals surface area contributed by atoms with E-state index < -0.39 is 0 Å². The summed E-state index contributed by atoms with van der Waals surface area (Å²) in [4.78, 5) is 7.03. The average molecular weight is 298 g/mol. The quantitative estimate of drug-likeness (QED) is 0.944. The minimum absolute atomic E-state index is 0.369. The summed E-state index contributed by atoms with van der Waals surface area (Å²) < 4.78 is 5.44. The summed E-state index contributed by atoms with van der Waals surface area (Å²) in [5.41, 5.74) is 2.33. The monoisotopic (exact) mass is 298 g/mol. The average Bonchev–Trinajstić information content (AvgIpc) is 3.27. The van der Waals surface area contributed by atoms with Crippen LogP contribution in [0.3, 0.4) is 0 Å². The number of rotatable bonds is 3. The lowest BCUT2D eigenvalue weighted by atomic mass is 10.1. The van der Waals surface area contributed by atoms with Gasteiger partial charge < -0.3 is 14.7 Å². The van der Waals surface area contributed by atoms with Crippen LogP contribution in [0.1, 0.15) is 37.5 Å². The summed E-state index contributed by atoms with van der Waals surface area (Å²) in [5.74, 6) is 1.83. The van der Waals surface area contributed by atoms with Gasteiger partial charge in [0, 0.05) is 30.9 Å². The van der Waals surface area contributed by atoms with E-state index in [0.29, 0.717) is 11.7 Å². The molecule has 0 aliphatic carbocycles. The van der Waals surface area contributed by atoms with E-state index in [1.54, 1.807) is 0 Å². The third-order valence-electron chi connectivity index (χ3n) is 4.70. The number of hydrogen-bond donors (Lipinski definition) is 1. The van der Waals surface area contributed by atoms with Crippen LogP contribution in [0.25, 0.3) is 11.4 Å². The maximum atomic E-state index is 5.44. The zero-order valence-corrected chi connectivity index (χ0v) is 12.8. The molecule has 0 unspecified atom stereocenters. The zero-order chi connectivity index (χ0) is 14.8. The van der Waals surface area contributed by atoms with Gasteiger partial charge in [0.15, 0.2) is 0 Å². The number of nitrogens with zero attached hydrogens (tertiary/aromatic N) is 3. The van der Waals surface area contributed by atoms with Gasteiger partial charge in [-0.3, -0.25) is 0 Å². The lowest BCUT2D eigenvalue weighted by Gasteiger charge is -2.28. The lowest BCUT2D eigenvalue weighted by molar-refractivity contribution is 0.359. The van der Waals surface area contributed by atoms with Crippen LogP contribution in [0.5, 0.6) is 0 Å². The highest BCUT2D eigenvalue weighted by Crippen LogP contribution is 2.26. The molecule has 5 nitrogen and oxygen atoms in total. The molecule has 1 aromatic heterocycles. The molecule has 4 rings (SSSR count). The fourth-order valence-electron chi connectivity index (χ4n) is 3.36. The summed E-state index contributed by atoms with van der Waals surface area (Å²) in [5, 5.41) is 7.48. The van der Waals surface area contributed by atoms with Crippen LogP contribution >= 0.6 is 0 Å². The maximum absolute atomic E-state index is 5.44. The first-order valence-electron chi connectivity index (χ1n) is 8.30. The molecule has 2 fully saturated rings. The molecule has 2 saturated heterocycles. The fourth-order valence-corrected chi connectivity index (χ4v) is 3.36.